The summed E-state index contributed by atoms with van der Waals surface area (Å²) >= 11 is 0. The number of rotatable bonds is 4. The summed E-state index contributed by atoms with van der Waals surface area (Å²) < 4.78 is 5.34. The van der Waals surface area contributed by atoms with Crippen molar-refractivity contribution >= 4 is 23.1 Å². The molecule has 26 heavy (non-hydrogen) atoms. The molecule has 2 aliphatic rings. The van der Waals surface area contributed by atoms with Gasteiger partial charge in [0.05, 0.1) is 30.8 Å². The van der Waals surface area contributed by atoms with Crippen LogP contribution in [-0.4, -0.2) is 49.0 Å². The van der Waals surface area contributed by atoms with Crippen LogP contribution in [0.25, 0.3) is 0 Å². The summed E-state index contributed by atoms with van der Waals surface area (Å²) in [5.74, 6) is 0.665. The Hall–Kier alpha value is -2.93. The quantitative estimate of drug-likeness (QED) is 0.911. The largest absolute Gasteiger partial charge is 0.382 e. The monoisotopic (exact) mass is 352 g/mol. The Bertz CT molecular complexity index is 786. The Morgan fingerprint density at radius 1 is 1.12 bits per heavy atom. The number of hydrogen-bond donors (Lipinski definition) is 1. The van der Waals surface area contributed by atoms with E-state index in [9.17, 15) is 4.79 Å². The third kappa shape index (κ3) is 3.67. The van der Waals surface area contributed by atoms with Crippen molar-refractivity contribution in [2.45, 2.75) is 12.5 Å². The van der Waals surface area contributed by atoms with Crippen LogP contribution in [0.3, 0.4) is 0 Å². The van der Waals surface area contributed by atoms with Crippen molar-refractivity contribution in [3.05, 3.63) is 54.2 Å². The van der Waals surface area contributed by atoms with Gasteiger partial charge in [0.2, 0.25) is 6.10 Å². The van der Waals surface area contributed by atoms with Gasteiger partial charge in [-0.1, -0.05) is 35.5 Å². The molecule has 1 unspecified atom stereocenters. The van der Waals surface area contributed by atoms with Crippen LogP contribution in [0, 0.1) is 0 Å². The number of pyridine rings is 1. The van der Waals surface area contributed by atoms with E-state index in [1.807, 2.05) is 42.5 Å². The van der Waals surface area contributed by atoms with Crippen molar-refractivity contribution in [2.75, 3.05) is 36.5 Å². The van der Waals surface area contributed by atoms with Crippen molar-refractivity contribution in [3.63, 3.8) is 0 Å². The maximum atomic E-state index is 12.4. The Labute approximate surface area is 151 Å². The van der Waals surface area contributed by atoms with Gasteiger partial charge in [0, 0.05) is 19.5 Å². The van der Waals surface area contributed by atoms with Gasteiger partial charge in [-0.15, -0.1) is 0 Å². The SMILES string of the molecule is O=C(Nc1ccc(N2CCOCC2)nc1)C1CC(c2ccccc2)=NO1. The fourth-order valence-electron chi connectivity index (χ4n) is 2.98. The van der Waals surface area contributed by atoms with Crippen LogP contribution in [0.4, 0.5) is 11.5 Å². The fourth-order valence-corrected chi connectivity index (χ4v) is 2.98. The van der Waals surface area contributed by atoms with Gasteiger partial charge in [-0.3, -0.25) is 4.79 Å². The second-order valence-corrected chi connectivity index (χ2v) is 6.20. The van der Waals surface area contributed by atoms with Gasteiger partial charge < -0.3 is 19.8 Å². The molecule has 0 aliphatic carbocycles. The van der Waals surface area contributed by atoms with Crippen molar-refractivity contribution in [3.8, 4) is 0 Å². The summed E-state index contributed by atoms with van der Waals surface area (Å²) in [7, 11) is 0. The number of amides is 1. The number of ether oxygens (including phenoxy) is 1. The summed E-state index contributed by atoms with van der Waals surface area (Å²) in [4.78, 5) is 24.3. The molecule has 1 atom stereocenters. The molecule has 2 aromatic rings. The van der Waals surface area contributed by atoms with E-state index in [-0.39, 0.29) is 5.91 Å². The lowest BCUT2D eigenvalue weighted by atomic mass is 10.0. The van der Waals surface area contributed by atoms with Gasteiger partial charge in [0.15, 0.2) is 0 Å². The van der Waals surface area contributed by atoms with E-state index < -0.39 is 6.10 Å². The van der Waals surface area contributed by atoms with E-state index in [1.165, 1.54) is 0 Å². The molecule has 1 fully saturated rings. The number of oxime groups is 1. The molecule has 2 aliphatic heterocycles. The van der Waals surface area contributed by atoms with Crippen LogP contribution in [0.2, 0.25) is 0 Å². The zero-order valence-corrected chi connectivity index (χ0v) is 14.3. The van der Waals surface area contributed by atoms with E-state index in [1.54, 1.807) is 6.20 Å². The molecule has 4 rings (SSSR count). The molecular weight excluding hydrogens is 332 g/mol. The van der Waals surface area contributed by atoms with Gasteiger partial charge in [0.1, 0.15) is 5.82 Å². The minimum atomic E-state index is -0.621. The van der Waals surface area contributed by atoms with Crippen LogP contribution in [0.1, 0.15) is 12.0 Å². The van der Waals surface area contributed by atoms with Gasteiger partial charge >= 0.3 is 0 Å². The Kier molecular flexibility index (Phi) is 4.79. The molecule has 1 N–H and O–H groups in total. The molecular formula is C19H20N4O3. The maximum Gasteiger partial charge on any atom is 0.268 e. The average Bonchev–Trinajstić information content (AvgIpc) is 3.20. The number of benzene rings is 1. The lowest BCUT2D eigenvalue weighted by Crippen LogP contribution is -2.36. The van der Waals surface area contributed by atoms with Gasteiger partial charge in [0.25, 0.3) is 5.91 Å². The minimum absolute atomic E-state index is 0.222. The first kappa shape index (κ1) is 16.5. The first-order chi connectivity index (χ1) is 12.8. The lowest BCUT2D eigenvalue weighted by molar-refractivity contribution is -0.125. The predicted octanol–water partition coefficient (Wildman–Crippen LogP) is 2.05. The van der Waals surface area contributed by atoms with Crippen molar-refractivity contribution in [1.82, 2.24) is 4.98 Å². The number of carbonyl (C=O) groups is 1. The fraction of sp³-hybridized carbons (Fsp3) is 0.316. The second kappa shape index (κ2) is 7.53. The Morgan fingerprint density at radius 2 is 1.92 bits per heavy atom. The third-order valence-electron chi connectivity index (χ3n) is 4.42. The van der Waals surface area contributed by atoms with Crippen LogP contribution in [-0.2, 0) is 14.4 Å². The molecule has 7 heteroatoms. The Morgan fingerprint density at radius 3 is 2.65 bits per heavy atom. The van der Waals surface area contributed by atoms with Gasteiger partial charge in [-0.2, -0.15) is 0 Å². The summed E-state index contributed by atoms with van der Waals surface area (Å²) in [5, 5.41) is 6.89. The second-order valence-electron chi connectivity index (χ2n) is 6.20. The minimum Gasteiger partial charge on any atom is -0.382 e. The summed E-state index contributed by atoms with van der Waals surface area (Å²) in [6.45, 7) is 3.08. The number of aromatic nitrogens is 1. The number of anilines is 2. The first-order valence-electron chi connectivity index (χ1n) is 8.67. The van der Waals surface area contributed by atoms with Crippen molar-refractivity contribution in [1.29, 1.82) is 0 Å². The van der Waals surface area contributed by atoms with Crippen molar-refractivity contribution < 1.29 is 14.4 Å². The van der Waals surface area contributed by atoms with Crippen LogP contribution in [0.5, 0.6) is 0 Å². The molecule has 1 amide bonds. The van der Waals surface area contributed by atoms with Gasteiger partial charge in [-0.05, 0) is 17.7 Å². The molecule has 0 radical (unpaired) electrons. The smallest absolute Gasteiger partial charge is 0.268 e. The topological polar surface area (TPSA) is 76.1 Å². The summed E-state index contributed by atoms with van der Waals surface area (Å²) in [6.07, 6.45) is 1.50. The zero-order valence-electron chi connectivity index (χ0n) is 14.3. The highest BCUT2D eigenvalue weighted by atomic mass is 16.6. The highest BCUT2D eigenvalue weighted by Crippen LogP contribution is 2.19. The van der Waals surface area contributed by atoms with Crippen LogP contribution >= 0.6 is 0 Å². The molecule has 1 aromatic carbocycles. The standard InChI is InChI=1S/C19H20N4O3/c24-19(17-12-16(22-26-17)14-4-2-1-3-5-14)21-15-6-7-18(20-13-15)23-8-10-25-11-9-23/h1-7,13,17H,8-12H2,(H,21,24). The summed E-state index contributed by atoms with van der Waals surface area (Å²) in [6, 6.07) is 13.5. The third-order valence-corrected chi connectivity index (χ3v) is 4.42. The van der Waals surface area contributed by atoms with E-state index in [2.05, 4.69) is 20.4 Å². The number of nitrogens with one attached hydrogen (secondary N) is 1. The van der Waals surface area contributed by atoms with Crippen LogP contribution < -0.4 is 10.2 Å². The lowest BCUT2D eigenvalue weighted by Gasteiger charge is -2.27. The van der Waals surface area contributed by atoms with E-state index in [4.69, 9.17) is 9.57 Å². The maximum absolute atomic E-state index is 12.4. The van der Waals surface area contributed by atoms with E-state index in [0.717, 1.165) is 30.2 Å². The van der Waals surface area contributed by atoms with E-state index in [0.29, 0.717) is 25.3 Å². The summed E-state index contributed by atoms with van der Waals surface area (Å²) in [5.41, 5.74) is 2.40. The average molecular weight is 352 g/mol. The molecule has 1 saturated heterocycles. The first-order valence-corrected chi connectivity index (χ1v) is 8.67. The molecule has 7 nitrogen and oxygen atoms in total. The molecule has 134 valence electrons. The van der Waals surface area contributed by atoms with Crippen molar-refractivity contribution in [2.24, 2.45) is 5.16 Å². The number of nitrogens with zero attached hydrogens (tertiary/aromatic N) is 3. The van der Waals surface area contributed by atoms with Crippen LogP contribution in [0.15, 0.2) is 53.8 Å². The highest BCUT2D eigenvalue weighted by Gasteiger charge is 2.29. The molecule has 3 heterocycles. The number of carbonyl (C=O) groups excluding carboxylic acids is 1. The number of morpholine rings is 1. The normalized spacial score (nSPS) is 19.6. The molecule has 0 bridgehead atoms. The van der Waals surface area contributed by atoms with Gasteiger partial charge in [-0.25, -0.2) is 4.98 Å². The predicted molar refractivity (Wildman–Crippen MR) is 98.4 cm³/mol. The molecule has 0 spiro atoms. The number of hydrogen-bond acceptors (Lipinski definition) is 6. The van der Waals surface area contributed by atoms with E-state index >= 15 is 0 Å². The molecule has 0 saturated carbocycles. The Balaban J connectivity index is 1.34. The zero-order chi connectivity index (χ0) is 17.8. The molecule has 1 aromatic heterocycles. The highest BCUT2D eigenvalue weighted by molar-refractivity contribution is 6.06.